The predicted octanol–water partition coefficient (Wildman–Crippen LogP) is 1.35. The Morgan fingerprint density at radius 2 is 2.15 bits per heavy atom. The Labute approximate surface area is 79.9 Å². The summed E-state index contributed by atoms with van der Waals surface area (Å²) in [5.74, 6) is 0. The third kappa shape index (κ3) is 2.10. The fourth-order valence-corrected chi connectivity index (χ4v) is 1.76. The number of aryl methyl sites for hydroxylation is 2. The van der Waals surface area contributed by atoms with Gasteiger partial charge in [0, 0.05) is 13.2 Å². The van der Waals surface area contributed by atoms with Crippen LogP contribution in [0.25, 0.3) is 0 Å². The second kappa shape index (κ2) is 3.50. The van der Waals surface area contributed by atoms with Gasteiger partial charge in [0.15, 0.2) is 0 Å². The molecule has 1 rings (SSSR count). The highest BCUT2D eigenvalue weighted by Gasteiger charge is 2.23. The highest BCUT2D eigenvalue weighted by molar-refractivity contribution is 5.24. The van der Waals surface area contributed by atoms with Crippen molar-refractivity contribution in [2.75, 3.05) is 6.54 Å². The van der Waals surface area contributed by atoms with E-state index in [1.807, 2.05) is 18.7 Å². The van der Waals surface area contributed by atoms with Crippen LogP contribution in [-0.4, -0.2) is 16.3 Å². The average Bonchev–Trinajstić information content (AvgIpc) is 2.30. The Morgan fingerprint density at radius 3 is 2.54 bits per heavy atom. The maximum Gasteiger partial charge on any atom is 0.0630 e. The largest absolute Gasteiger partial charge is 0.330 e. The molecule has 0 fully saturated rings. The quantitative estimate of drug-likeness (QED) is 0.765. The summed E-state index contributed by atoms with van der Waals surface area (Å²) in [6, 6.07) is 0. The molecule has 0 radical (unpaired) electrons. The van der Waals surface area contributed by atoms with Crippen LogP contribution in [0.4, 0.5) is 0 Å². The van der Waals surface area contributed by atoms with Gasteiger partial charge in [-0.1, -0.05) is 13.8 Å². The number of aromatic nitrogens is 2. The van der Waals surface area contributed by atoms with E-state index in [9.17, 15) is 0 Å². The standard InChI is InChI=1S/C10H19N3/c1-8-9(7-13(4)12-8)10(2,3)5-6-11/h7H,5-6,11H2,1-4H3. The molecule has 0 bridgehead atoms. The highest BCUT2D eigenvalue weighted by Crippen LogP contribution is 2.28. The maximum absolute atomic E-state index is 5.58. The van der Waals surface area contributed by atoms with Gasteiger partial charge in [-0.15, -0.1) is 0 Å². The molecule has 74 valence electrons. The Morgan fingerprint density at radius 1 is 1.54 bits per heavy atom. The zero-order valence-corrected chi connectivity index (χ0v) is 8.96. The van der Waals surface area contributed by atoms with Crippen molar-refractivity contribution in [2.24, 2.45) is 12.8 Å². The maximum atomic E-state index is 5.58. The van der Waals surface area contributed by atoms with E-state index < -0.39 is 0 Å². The van der Waals surface area contributed by atoms with E-state index in [1.165, 1.54) is 5.56 Å². The fourth-order valence-electron chi connectivity index (χ4n) is 1.76. The van der Waals surface area contributed by atoms with Gasteiger partial charge >= 0.3 is 0 Å². The molecule has 13 heavy (non-hydrogen) atoms. The molecule has 0 spiro atoms. The van der Waals surface area contributed by atoms with Crippen molar-refractivity contribution < 1.29 is 0 Å². The topological polar surface area (TPSA) is 43.8 Å². The first-order chi connectivity index (χ1) is 5.97. The van der Waals surface area contributed by atoms with Gasteiger partial charge in [0.1, 0.15) is 0 Å². The lowest BCUT2D eigenvalue weighted by atomic mass is 9.82. The lowest BCUT2D eigenvalue weighted by molar-refractivity contribution is 0.485. The van der Waals surface area contributed by atoms with E-state index in [1.54, 1.807) is 0 Å². The van der Waals surface area contributed by atoms with Crippen molar-refractivity contribution in [3.05, 3.63) is 17.5 Å². The van der Waals surface area contributed by atoms with Crippen molar-refractivity contribution >= 4 is 0 Å². The summed E-state index contributed by atoms with van der Waals surface area (Å²) >= 11 is 0. The molecule has 0 aliphatic heterocycles. The summed E-state index contributed by atoms with van der Waals surface area (Å²) in [6.45, 7) is 7.20. The van der Waals surface area contributed by atoms with Gasteiger partial charge in [0.25, 0.3) is 0 Å². The fraction of sp³-hybridized carbons (Fsp3) is 0.700. The van der Waals surface area contributed by atoms with Gasteiger partial charge in [-0.3, -0.25) is 4.68 Å². The Balaban J connectivity index is 2.98. The molecule has 0 aliphatic rings. The van der Waals surface area contributed by atoms with Gasteiger partial charge in [0.05, 0.1) is 5.69 Å². The van der Waals surface area contributed by atoms with Crippen LogP contribution < -0.4 is 5.73 Å². The van der Waals surface area contributed by atoms with E-state index in [0.717, 1.165) is 18.7 Å². The molecule has 3 nitrogen and oxygen atoms in total. The molecule has 0 saturated heterocycles. The van der Waals surface area contributed by atoms with Gasteiger partial charge in [0.2, 0.25) is 0 Å². The summed E-state index contributed by atoms with van der Waals surface area (Å²) in [6.07, 6.45) is 3.09. The molecular weight excluding hydrogens is 162 g/mol. The van der Waals surface area contributed by atoms with Crippen LogP contribution in [0.1, 0.15) is 31.5 Å². The van der Waals surface area contributed by atoms with Crippen LogP contribution in [0.15, 0.2) is 6.20 Å². The van der Waals surface area contributed by atoms with E-state index >= 15 is 0 Å². The van der Waals surface area contributed by atoms with Crippen LogP contribution in [0.5, 0.6) is 0 Å². The summed E-state index contributed by atoms with van der Waals surface area (Å²) in [5, 5.41) is 4.34. The minimum absolute atomic E-state index is 0.146. The molecule has 0 aliphatic carbocycles. The molecule has 0 amide bonds. The van der Waals surface area contributed by atoms with Crippen LogP contribution in [0, 0.1) is 6.92 Å². The van der Waals surface area contributed by atoms with Crippen molar-refractivity contribution in [1.29, 1.82) is 0 Å². The summed E-state index contributed by atoms with van der Waals surface area (Å²) in [4.78, 5) is 0. The van der Waals surface area contributed by atoms with Crippen LogP contribution in [-0.2, 0) is 12.5 Å². The molecule has 1 aromatic heterocycles. The minimum atomic E-state index is 0.146. The molecule has 1 aromatic rings. The smallest absolute Gasteiger partial charge is 0.0630 e. The number of hydrogen-bond donors (Lipinski definition) is 1. The number of hydrogen-bond acceptors (Lipinski definition) is 2. The molecule has 1 heterocycles. The number of nitrogens with zero attached hydrogens (tertiary/aromatic N) is 2. The Kier molecular flexibility index (Phi) is 2.76. The normalized spacial score (nSPS) is 12.1. The third-order valence-electron chi connectivity index (χ3n) is 2.51. The van der Waals surface area contributed by atoms with Crippen molar-refractivity contribution in [1.82, 2.24) is 9.78 Å². The Hall–Kier alpha value is -0.830. The van der Waals surface area contributed by atoms with Crippen LogP contribution in [0.3, 0.4) is 0 Å². The third-order valence-corrected chi connectivity index (χ3v) is 2.51. The molecular formula is C10H19N3. The second-order valence-corrected chi connectivity index (χ2v) is 4.22. The van der Waals surface area contributed by atoms with Gasteiger partial charge in [-0.25, -0.2) is 0 Å². The first-order valence-corrected chi connectivity index (χ1v) is 4.68. The van der Waals surface area contributed by atoms with Crippen molar-refractivity contribution in [3.63, 3.8) is 0 Å². The van der Waals surface area contributed by atoms with Gasteiger partial charge in [-0.05, 0) is 30.9 Å². The van der Waals surface area contributed by atoms with Crippen LogP contribution in [0.2, 0.25) is 0 Å². The molecule has 2 N–H and O–H groups in total. The molecule has 3 heteroatoms. The zero-order chi connectivity index (χ0) is 10.1. The lowest BCUT2D eigenvalue weighted by Gasteiger charge is -2.23. The molecule has 0 unspecified atom stereocenters. The monoisotopic (exact) mass is 181 g/mol. The summed E-state index contributed by atoms with van der Waals surface area (Å²) in [7, 11) is 1.95. The SMILES string of the molecule is Cc1nn(C)cc1C(C)(C)CCN. The number of nitrogens with two attached hydrogens (primary N) is 1. The predicted molar refractivity (Wildman–Crippen MR) is 54.6 cm³/mol. The van der Waals surface area contributed by atoms with Crippen molar-refractivity contribution in [2.45, 2.75) is 32.6 Å². The second-order valence-electron chi connectivity index (χ2n) is 4.22. The van der Waals surface area contributed by atoms with E-state index in [4.69, 9.17) is 5.73 Å². The number of rotatable bonds is 3. The highest BCUT2D eigenvalue weighted by atomic mass is 15.2. The van der Waals surface area contributed by atoms with Gasteiger partial charge in [-0.2, -0.15) is 5.10 Å². The summed E-state index contributed by atoms with van der Waals surface area (Å²) < 4.78 is 1.86. The zero-order valence-electron chi connectivity index (χ0n) is 8.96. The molecule has 0 aromatic carbocycles. The van der Waals surface area contributed by atoms with E-state index in [-0.39, 0.29) is 5.41 Å². The summed E-state index contributed by atoms with van der Waals surface area (Å²) in [5.41, 5.74) is 8.15. The van der Waals surface area contributed by atoms with E-state index in [0.29, 0.717) is 0 Å². The first-order valence-electron chi connectivity index (χ1n) is 4.68. The Bertz CT molecular complexity index is 286. The lowest BCUT2D eigenvalue weighted by Crippen LogP contribution is -2.22. The average molecular weight is 181 g/mol. The molecule has 0 saturated carbocycles. The van der Waals surface area contributed by atoms with Gasteiger partial charge < -0.3 is 5.73 Å². The van der Waals surface area contributed by atoms with Crippen molar-refractivity contribution in [3.8, 4) is 0 Å². The van der Waals surface area contributed by atoms with Crippen LogP contribution >= 0.6 is 0 Å². The first kappa shape index (κ1) is 10.3. The minimum Gasteiger partial charge on any atom is -0.330 e. The molecule has 0 atom stereocenters. The van der Waals surface area contributed by atoms with E-state index in [2.05, 4.69) is 25.1 Å².